The minimum Gasteiger partial charge on any atom is -0.350 e. The van der Waals surface area contributed by atoms with Gasteiger partial charge in [0.25, 0.3) is 5.91 Å². The fraction of sp³-hybridized carbons (Fsp3) is 0.250. The number of carbonyl (C=O) groups excluding carboxylic acids is 1. The second-order valence-electron chi connectivity index (χ2n) is 6.64. The number of benzene rings is 2. The van der Waals surface area contributed by atoms with Gasteiger partial charge in [0.05, 0.1) is 0 Å². The van der Waals surface area contributed by atoms with Crippen LogP contribution in [0.25, 0.3) is 5.69 Å². The molecule has 6 nitrogen and oxygen atoms in total. The number of hydrogen-bond acceptors (Lipinski definition) is 4. The number of carbonyl (C=O) groups is 1. The molecule has 1 amide bonds. The molecule has 0 fully saturated rings. The molecule has 0 saturated carbocycles. The van der Waals surface area contributed by atoms with Crippen molar-refractivity contribution >= 4 is 5.91 Å². The fourth-order valence-corrected chi connectivity index (χ4v) is 2.72. The normalized spacial score (nSPS) is 12.2. The van der Waals surface area contributed by atoms with E-state index in [1.165, 1.54) is 35.0 Å². The Morgan fingerprint density at radius 1 is 1.19 bits per heavy atom. The summed E-state index contributed by atoms with van der Waals surface area (Å²) in [5.41, 5.74) is 8.78. The van der Waals surface area contributed by atoms with Gasteiger partial charge in [-0.05, 0) is 35.2 Å². The predicted molar refractivity (Wildman–Crippen MR) is 101 cm³/mol. The van der Waals surface area contributed by atoms with E-state index in [4.69, 9.17) is 5.73 Å². The number of amides is 1. The highest BCUT2D eigenvalue weighted by atomic mass is 19.1. The molecular weight excluding hydrogens is 345 g/mol. The number of nitrogens with two attached hydrogens (primary N) is 1. The molecule has 1 aromatic heterocycles. The van der Waals surface area contributed by atoms with Crippen molar-refractivity contribution in [1.82, 2.24) is 20.1 Å². The third kappa shape index (κ3) is 4.38. The molecule has 0 aliphatic rings. The van der Waals surface area contributed by atoms with Crippen molar-refractivity contribution in [1.29, 1.82) is 0 Å². The highest BCUT2D eigenvalue weighted by Crippen LogP contribution is 2.18. The van der Waals surface area contributed by atoms with Crippen molar-refractivity contribution in [2.45, 2.75) is 25.8 Å². The lowest BCUT2D eigenvalue weighted by molar-refractivity contribution is 0.0950. The third-order valence-corrected chi connectivity index (χ3v) is 4.39. The molecule has 0 spiro atoms. The van der Waals surface area contributed by atoms with Crippen LogP contribution < -0.4 is 11.1 Å². The number of nitrogens with one attached hydrogen (secondary N) is 1. The summed E-state index contributed by atoms with van der Waals surface area (Å²) in [6, 6.07) is 11.9. The second kappa shape index (κ2) is 8.09. The first-order chi connectivity index (χ1) is 13.0. The van der Waals surface area contributed by atoms with Crippen LogP contribution in [0.15, 0.2) is 55.1 Å². The van der Waals surface area contributed by atoms with E-state index in [-0.39, 0.29) is 29.7 Å². The summed E-state index contributed by atoms with van der Waals surface area (Å²) < 4.78 is 15.5. The van der Waals surface area contributed by atoms with E-state index in [1.807, 2.05) is 24.3 Å². The molecule has 1 heterocycles. The predicted octanol–water partition coefficient (Wildman–Crippen LogP) is 2.96. The smallest absolute Gasteiger partial charge is 0.251 e. The number of hydrogen-bond donors (Lipinski definition) is 2. The van der Waals surface area contributed by atoms with E-state index in [0.29, 0.717) is 5.92 Å². The van der Waals surface area contributed by atoms with Crippen molar-refractivity contribution in [3.63, 3.8) is 0 Å². The largest absolute Gasteiger partial charge is 0.350 e. The van der Waals surface area contributed by atoms with Gasteiger partial charge < -0.3 is 11.1 Å². The molecule has 0 aliphatic heterocycles. The average molecular weight is 367 g/mol. The average Bonchev–Trinajstić information content (AvgIpc) is 3.20. The molecule has 2 aromatic carbocycles. The molecular formula is C20H22FN5O. The van der Waals surface area contributed by atoms with E-state index in [1.54, 1.807) is 6.07 Å². The lowest BCUT2D eigenvalue weighted by Gasteiger charge is -2.15. The topological polar surface area (TPSA) is 85.8 Å². The quantitative estimate of drug-likeness (QED) is 0.701. The zero-order valence-corrected chi connectivity index (χ0v) is 15.3. The fourth-order valence-electron chi connectivity index (χ4n) is 2.72. The Morgan fingerprint density at radius 2 is 1.89 bits per heavy atom. The molecule has 27 heavy (non-hydrogen) atoms. The van der Waals surface area contributed by atoms with E-state index in [2.05, 4.69) is 29.2 Å². The van der Waals surface area contributed by atoms with Gasteiger partial charge in [-0.1, -0.05) is 38.1 Å². The molecule has 0 bridgehead atoms. The van der Waals surface area contributed by atoms with Crippen LogP contribution in [0, 0.1) is 5.82 Å². The van der Waals surface area contributed by atoms with Gasteiger partial charge in [0, 0.05) is 18.2 Å². The van der Waals surface area contributed by atoms with Crippen LogP contribution in [0.3, 0.4) is 0 Å². The molecule has 3 aromatic rings. The first kappa shape index (κ1) is 18.7. The van der Waals surface area contributed by atoms with Crippen LogP contribution in [0.4, 0.5) is 4.39 Å². The van der Waals surface area contributed by atoms with Crippen molar-refractivity contribution < 1.29 is 9.18 Å². The maximum atomic E-state index is 14.2. The molecule has 1 atom stereocenters. The summed E-state index contributed by atoms with van der Waals surface area (Å²) in [5.74, 6) is -0.486. The molecule has 7 heteroatoms. The maximum Gasteiger partial charge on any atom is 0.251 e. The Balaban J connectivity index is 1.62. The monoisotopic (exact) mass is 367 g/mol. The lowest BCUT2D eigenvalue weighted by Crippen LogP contribution is -2.32. The van der Waals surface area contributed by atoms with Gasteiger partial charge in [-0.25, -0.2) is 14.1 Å². The Hall–Kier alpha value is -3.06. The number of rotatable bonds is 6. The number of nitrogens with zero attached hydrogens (tertiary/aromatic N) is 3. The second-order valence-corrected chi connectivity index (χ2v) is 6.64. The van der Waals surface area contributed by atoms with Gasteiger partial charge in [-0.2, -0.15) is 5.10 Å². The van der Waals surface area contributed by atoms with Crippen molar-refractivity contribution in [3.8, 4) is 5.69 Å². The van der Waals surface area contributed by atoms with Crippen LogP contribution >= 0.6 is 0 Å². The first-order valence-electron chi connectivity index (χ1n) is 8.74. The molecule has 3 N–H and O–H groups in total. The Morgan fingerprint density at radius 3 is 2.48 bits per heavy atom. The summed E-state index contributed by atoms with van der Waals surface area (Å²) in [7, 11) is 0. The Kier molecular flexibility index (Phi) is 5.61. The van der Waals surface area contributed by atoms with Gasteiger partial charge in [-0.3, -0.25) is 4.79 Å². The first-order valence-corrected chi connectivity index (χ1v) is 8.74. The van der Waals surface area contributed by atoms with Crippen molar-refractivity contribution in [2.75, 3.05) is 6.54 Å². The summed E-state index contributed by atoms with van der Waals surface area (Å²) in [6.45, 7) is 4.51. The zero-order valence-electron chi connectivity index (χ0n) is 15.3. The highest BCUT2D eigenvalue weighted by molar-refractivity contribution is 5.94. The van der Waals surface area contributed by atoms with Crippen molar-refractivity contribution in [2.24, 2.45) is 5.73 Å². The van der Waals surface area contributed by atoms with E-state index in [9.17, 15) is 9.18 Å². The minimum atomic E-state index is -0.554. The Labute approximate surface area is 157 Å². The van der Waals surface area contributed by atoms with Crippen LogP contribution in [-0.2, 0) is 0 Å². The number of halogens is 1. The highest BCUT2D eigenvalue weighted by Gasteiger charge is 2.13. The standard InChI is InChI=1S/C20H22FN5O/c1-13(2)14-3-5-15(6-4-14)18(22)10-24-20(27)16-7-8-19(17(21)9-16)26-12-23-11-25-26/h3-9,11-13,18H,10,22H2,1-2H3,(H,24,27)/t18-/m0/s1. The molecule has 3 rings (SSSR count). The molecule has 0 saturated heterocycles. The summed E-state index contributed by atoms with van der Waals surface area (Å²) in [5, 5.41) is 6.63. The van der Waals surface area contributed by atoms with Gasteiger partial charge >= 0.3 is 0 Å². The van der Waals surface area contributed by atoms with Gasteiger partial charge in [-0.15, -0.1) is 0 Å². The molecule has 0 radical (unpaired) electrons. The molecule has 0 aliphatic carbocycles. The Bertz CT molecular complexity index is 907. The molecule has 0 unspecified atom stereocenters. The van der Waals surface area contributed by atoms with Crippen LogP contribution in [0.2, 0.25) is 0 Å². The molecule has 140 valence electrons. The number of aromatic nitrogens is 3. The maximum absolute atomic E-state index is 14.2. The van der Waals surface area contributed by atoms with Gasteiger partial charge in [0.15, 0.2) is 0 Å². The van der Waals surface area contributed by atoms with Crippen LogP contribution in [0.5, 0.6) is 0 Å². The summed E-state index contributed by atoms with van der Waals surface area (Å²) >= 11 is 0. The van der Waals surface area contributed by atoms with Gasteiger partial charge in [0.2, 0.25) is 0 Å². The minimum absolute atomic E-state index is 0.221. The van der Waals surface area contributed by atoms with E-state index < -0.39 is 5.82 Å². The summed E-state index contributed by atoms with van der Waals surface area (Å²) in [6.07, 6.45) is 2.71. The van der Waals surface area contributed by atoms with E-state index in [0.717, 1.165) is 5.56 Å². The summed E-state index contributed by atoms with van der Waals surface area (Å²) in [4.78, 5) is 16.1. The third-order valence-electron chi connectivity index (χ3n) is 4.39. The lowest BCUT2D eigenvalue weighted by atomic mass is 9.99. The van der Waals surface area contributed by atoms with Crippen LogP contribution in [0.1, 0.15) is 47.3 Å². The zero-order chi connectivity index (χ0) is 19.4. The van der Waals surface area contributed by atoms with Gasteiger partial charge in [0.1, 0.15) is 24.2 Å². The van der Waals surface area contributed by atoms with E-state index >= 15 is 0 Å². The SMILES string of the molecule is CC(C)c1ccc([C@@H](N)CNC(=O)c2ccc(-n3cncn3)c(F)c2)cc1. The van der Waals surface area contributed by atoms with Crippen molar-refractivity contribution in [3.05, 3.63) is 77.6 Å². The van der Waals surface area contributed by atoms with Crippen LogP contribution in [-0.4, -0.2) is 27.2 Å².